The number of rotatable bonds is 6. The zero-order valence-corrected chi connectivity index (χ0v) is 22.3. The van der Waals surface area contributed by atoms with Gasteiger partial charge in [-0.05, 0) is 86.7 Å². The topological polar surface area (TPSA) is 98.6 Å². The van der Waals surface area contributed by atoms with E-state index in [1.54, 1.807) is 20.8 Å². The fraction of sp³-hybridized carbons (Fsp3) is 0.276. The summed E-state index contributed by atoms with van der Waals surface area (Å²) in [6.45, 7) is 9.00. The average Bonchev–Trinajstić information content (AvgIpc) is 3.16. The zero-order valence-electron chi connectivity index (χ0n) is 21.5. The van der Waals surface area contributed by atoms with Crippen LogP contribution in [0.4, 0.5) is 5.69 Å². The number of sulfonamides is 1. The molecule has 0 spiro atoms. The third-order valence-corrected chi connectivity index (χ3v) is 9.44. The number of nitriles is 1. The molecular formula is C29H29N3O4S. The Morgan fingerprint density at radius 2 is 1.51 bits per heavy atom. The van der Waals surface area contributed by atoms with Crippen LogP contribution in [0.25, 0.3) is 0 Å². The van der Waals surface area contributed by atoms with E-state index in [0.717, 1.165) is 16.0 Å². The maximum atomic E-state index is 14.5. The summed E-state index contributed by atoms with van der Waals surface area (Å²) in [6, 6.07) is 17.2. The molecule has 1 saturated heterocycles. The summed E-state index contributed by atoms with van der Waals surface area (Å²) < 4.78 is 30.1. The third kappa shape index (κ3) is 4.57. The number of hydrogen-bond donors (Lipinski definition) is 0. The zero-order chi connectivity index (χ0) is 27.1. The molecule has 190 valence electrons. The summed E-state index contributed by atoms with van der Waals surface area (Å²) in [4.78, 5) is 28.1. The van der Waals surface area contributed by atoms with Crippen molar-refractivity contribution in [1.29, 1.82) is 5.26 Å². The number of imide groups is 1. The number of carbonyl (C=O) groups excluding carboxylic acids is 2. The summed E-state index contributed by atoms with van der Waals surface area (Å²) in [5, 5.41) is 9.09. The van der Waals surface area contributed by atoms with Gasteiger partial charge in [-0.2, -0.15) is 9.57 Å². The Bertz CT molecular complexity index is 1500. The lowest BCUT2D eigenvalue weighted by Gasteiger charge is -2.34. The van der Waals surface area contributed by atoms with Crippen LogP contribution >= 0.6 is 0 Å². The van der Waals surface area contributed by atoms with Gasteiger partial charge in [-0.15, -0.1) is 0 Å². The lowest BCUT2D eigenvalue weighted by molar-refractivity contribution is -0.122. The van der Waals surface area contributed by atoms with Crippen molar-refractivity contribution in [2.45, 2.75) is 58.0 Å². The Morgan fingerprint density at radius 3 is 2.05 bits per heavy atom. The number of aryl methyl sites for hydroxylation is 2. The van der Waals surface area contributed by atoms with Crippen LogP contribution in [0.15, 0.2) is 65.6 Å². The van der Waals surface area contributed by atoms with Crippen LogP contribution in [0.1, 0.15) is 52.8 Å². The van der Waals surface area contributed by atoms with Crippen LogP contribution in [0.2, 0.25) is 0 Å². The first-order valence-electron chi connectivity index (χ1n) is 12.0. The monoisotopic (exact) mass is 515 g/mol. The highest BCUT2D eigenvalue weighted by Gasteiger charge is 2.49. The number of amides is 2. The molecule has 1 aliphatic rings. The molecule has 0 bridgehead atoms. The van der Waals surface area contributed by atoms with Crippen molar-refractivity contribution < 1.29 is 18.0 Å². The molecule has 3 aromatic carbocycles. The normalized spacial score (nSPS) is 16.8. The molecule has 1 aliphatic heterocycles. The predicted molar refractivity (Wildman–Crippen MR) is 141 cm³/mol. The van der Waals surface area contributed by atoms with Crippen molar-refractivity contribution in [3.8, 4) is 6.07 Å². The molecule has 0 aliphatic carbocycles. The fourth-order valence-electron chi connectivity index (χ4n) is 4.97. The number of benzene rings is 3. The molecule has 1 heterocycles. The molecule has 0 saturated carbocycles. The van der Waals surface area contributed by atoms with Crippen molar-refractivity contribution in [2.75, 3.05) is 4.90 Å². The third-order valence-electron chi connectivity index (χ3n) is 7.18. The van der Waals surface area contributed by atoms with Crippen LogP contribution in [-0.4, -0.2) is 30.6 Å². The van der Waals surface area contributed by atoms with Crippen LogP contribution in [0.3, 0.4) is 0 Å². The minimum absolute atomic E-state index is 0.171. The lowest BCUT2D eigenvalue weighted by atomic mass is 10.0. The maximum absolute atomic E-state index is 14.5. The molecule has 2 unspecified atom stereocenters. The fourth-order valence-corrected chi connectivity index (χ4v) is 7.31. The van der Waals surface area contributed by atoms with Crippen LogP contribution in [0.5, 0.6) is 0 Å². The van der Waals surface area contributed by atoms with E-state index in [1.807, 2.05) is 56.3 Å². The van der Waals surface area contributed by atoms with Gasteiger partial charge >= 0.3 is 0 Å². The van der Waals surface area contributed by atoms with E-state index >= 15 is 0 Å². The van der Waals surface area contributed by atoms with E-state index in [0.29, 0.717) is 27.9 Å². The van der Waals surface area contributed by atoms with E-state index in [2.05, 4.69) is 0 Å². The summed E-state index contributed by atoms with van der Waals surface area (Å²) in [5.41, 5.74) is 4.32. The summed E-state index contributed by atoms with van der Waals surface area (Å²) in [5.74, 6) is -1.10. The van der Waals surface area contributed by atoms with Gasteiger partial charge in [0.1, 0.15) is 6.04 Å². The quantitative estimate of drug-likeness (QED) is 0.436. The van der Waals surface area contributed by atoms with Crippen molar-refractivity contribution in [3.63, 3.8) is 0 Å². The highest BCUT2D eigenvalue weighted by atomic mass is 32.2. The van der Waals surface area contributed by atoms with Gasteiger partial charge in [0, 0.05) is 6.04 Å². The highest BCUT2D eigenvalue weighted by molar-refractivity contribution is 7.89. The molecule has 3 aromatic rings. The molecule has 1 fully saturated rings. The Hall–Kier alpha value is -3.80. The van der Waals surface area contributed by atoms with Crippen LogP contribution in [0, 0.1) is 39.0 Å². The summed E-state index contributed by atoms with van der Waals surface area (Å²) in [6.07, 6.45) is -0.280. The Balaban J connectivity index is 1.88. The number of nitrogens with zero attached hydrogens (tertiary/aromatic N) is 3. The van der Waals surface area contributed by atoms with Gasteiger partial charge in [0.05, 0.1) is 28.6 Å². The minimum Gasteiger partial charge on any atom is -0.274 e. The SMILES string of the molecule is Cc1cc(C)c(C)c(S(=O)(=O)N(C2CC(=O)N(c3ccc(C#N)cc3)C2=O)C(C)c2ccccc2)c1C. The molecule has 7 nitrogen and oxygen atoms in total. The Morgan fingerprint density at radius 1 is 0.946 bits per heavy atom. The van der Waals surface area contributed by atoms with Gasteiger partial charge in [-0.25, -0.2) is 13.3 Å². The second kappa shape index (κ2) is 9.92. The lowest BCUT2D eigenvalue weighted by Crippen LogP contribution is -2.47. The van der Waals surface area contributed by atoms with E-state index in [4.69, 9.17) is 5.26 Å². The van der Waals surface area contributed by atoms with Crippen LogP contribution < -0.4 is 4.90 Å². The molecule has 2 amide bonds. The second-order valence-corrected chi connectivity index (χ2v) is 11.2. The molecule has 0 aromatic heterocycles. The standard InChI is InChI=1S/C29H29N3O4S/c1-18-15-19(2)21(4)28(20(18)3)37(35,36)32(22(5)24-9-7-6-8-10-24)26-16-27(33)31(29(26)34)25-13-11-23(17-30)12-14-25/h6-15,22,26H,16H2,1-5H3. The van der Waals surface area contributed by atoms with Crippen molar-refractivity contribution >= 4 is 27.5 Å². The average molecular weight is 516 g/mol. The Kier molecular flexibility index (Phi) is 7.05. The second-order valence-electron chi connectivity index (χ2n) is 9.46. The van der Waals surface area contributed by atoms with Gasteiger partial charge in [-0.1, -0.05) is 36.4 Å². The molecular weight excluding hydrogens is 486 g/mol. The van der Waals surface area contributed by atoms with Crippen molar-refractivity contribution in [3.05, 3.63) is 94.0 Å². The smallest absolute Gasteiger partial charge is 0.252 e. The van der Waals surface area contributed by atoms with Crippen LogP contribution in [-0.2, 0) is 19.6 Å². The summed E-state index contributed by atoms with van der Waals surface area (Å²) in [7, 11) is -4.22. The van der Waals surface area contributed by atoms with E-state index < -0.39 is 33.9 Å². The first-order valence-corrected chi connectivity index (χ1v) is 13.5. The van der Waals surface area contributed by atoms with Crippen molar-refractivity contribution in [1.82, 2.24) is 4.31 Å². The Labute approximate surface area is 218 Å². The number of anilines is 1. The minimum atomic E-state index is -4.22. The van der Waals surface area contributed by atoms with Gasteiger partial charge in [0.25, 0.3) is 5.91 Å². The number of hydrogen-bond acceptors (Lipinski definition) is 5. The molecule has 37 heavy (non-hydrogen) atoms. The molecule has 8 heteroatoms. The largest absolute Gasteiger partial charge is 0.274 e. The molecule has 2 atom stereocenters. The first kappa shape index (κ1) is 26.3. The molecule has 4 rings (SSSR count). The predicted octanol–water partition coefficient (Wildman–Crippen LogP) is 4.88. The number of carbonyl (C=O) groups is 2. The first-order chi connectivity index (χ1) is 17.5. The molecule has 0 radical (unpaired) electrons. The summed E-state index contributed by atoms with van der Waals surface area (Å²) >= 11 is 0. The van der Waals surface area contributed by atoms with Gasteiger partial charge < -0.3 is 0 Å². The van der Waals surface area contributed by atoms with E-state index in [1.165, 1.54) is 28.6 Å². The highest BCUT2D eigenvalue weighted by Crippen LogP contribution is 2.38. The van der Waals surface area contributed by atoms with Gasteiger partial charge in [0.15, 0.2) is 0 Å². The maximum Gasteiger partial charge on any atom is 0.252 e. The van der Waals surface area contributed by atoms with E-state index in [9.17, 15) is 18.0 Å². The van der Waals surface area contributed by atoms with E-state index in [-0.39, 0.29) is 11.3 Å². The van der Waals surface area contributed by atoms with Gasteiger partial charge in [0.2, 0.25) is 15.9 Å². The van der Waals surface area contributed by atoms with Crippen molar-refractivity contribution in [2.24, 2.45) is 0 Å². The molecule has 0 N–H and O–H groups in total. The van der Waals surface area contributed by atoms with Gasteiger partial charge in [-0.3, -0.25) is 9.59 Å².